The lowest BCUT2D eigenvalue weighted by Crippen LogP contribution is -2.44. The number of imidazole rings is 1. The van der Waals surface area contributed by atoms with Gasteiger partial charge in [-0.1, -0.05) is 30.3 Å². The van der Waals surface area contributed by atoms with Crippen molar-refractivity contribution >= 4 is 44.2 Å². The second-order valence-corrected chi connectivity index (χ2v) is 7.62. The Morgan fingerprint density at radius 3 is 2.39 bits per heavy atom. The van der Waals surface area contributed by atoms with Crippen LogP contribution in [0.4, 0.5) is 5.82 Å². The molecule has 1 saturated heterocycles. The highest BCUT2D eigenvalue weighted by atomic mass is 15.3. The van der Waals surface area contributed by atoms with E-state index in [9.17, 15) is 0 Å². The van der Waals surface area contributed by atoms with Crippen LogP contribution in [-0.2, 0) is 0 Å². The second-order valence-electron chi connectivity index (χ2n) is 7.62. The fourth-order valence-corrected chi connectivity index (χ4v) is 4.49. The molecule has 1 aliphatic heterocycles. The van der Waals surface area contributed by atoms with Gasteiger partial charge in [0.05, 0.1) is 21.9 Å². The molecule has 3 aromatic heterocycles. The van der Waals surface area contributed by atoms with Gasteiger partial charge in [-0.3, -0.25) is 4.40 Å². The molecule has 0 amide bonds. The van der Waals surface area contributed by atoms with Crippen molar-refractivity contribution in [3.63, 3.8) is 0 Å². The Labute approximate surface area is 162 Å². The maximum atomic E-state index is 5.05. The lowest BCUT2D eigenvalue weighted by Gasteiger charge is -2.33. The third kappa shape index (κ3) is 2.17. The third-order valence-electron chi connectivity index (χ3n) is 5.95. The molecule has 0 atom stereocenters. The molecule has 0 aliphatic carbocycles. The molecule has 28 heavy (non-hydrogen) atoms. The molecular weight excluding hydrogens is 346 g/mol. The molecule has 138 valence electrons. The van der Waals surface area contributed by atoms with Crippen LogP contribution in [0, 0.1) is 0 Å². The van der Waals surface area contributed by atoms with Gasteiger partial charge in [-0.15, -0.1) is 0 Å². The fourth-order valence-electron chi connectivity index (χ4n) is 4.49. The number of anilines is 1. The molecule has 6 rings (SSSR count). The van der Waals surface area contributed by atoms with Crippen LogP contribution in [0.2, 0.25) is 0 Å². The summed E-state index contributed by atoms with van der Waals surface area (Å²) >= 11 is 0. The van der Waals surface area contributed by atoms with Gasteiger partial charge < -0.3 is 9.80 Å². The molecule has 5 heteroatoms. The first-order valence-corrected chi connectivity index (χ1v) is 9.81. The predicted molar refractivity (Wildman–Crippen MR) is 115 cm³/mol. The van der Waals surface area contributed by atoms with Crippen molar-refractivity contribution in [1.82, 2.24) is 19.3 Å². The van der Waals surface area contributed by atoms with Gasteiger partial charge >= 0.3 is 0 Å². The van der Waals surface area contributed by atoms with Crippen LogP contribution in [0.15, 0.2) is 60.8 Å². The lowest BCUT2D eigenvalue weighted by molar-refractivity contribution is 0.312. The zero-order chi connectivity index (χ0) is 18.7. The van der Waals surface area contributed by atoms with Gasteiger partial charge in [-0.2, -0.15) is 0 Å². The van der Waals surface area contributed by atoms with Gasteiger partial charge in [0.15, 0.2) is 0 Å². The molecule has 0 radical (unpaired) electrons. The number of fused-ring (bicyclic) bond motifs is 8. The topological polar surface area (TPSA) is 36.7 Å². The van der Waals surface area contributed by atoms with Gasteiger partial charge in [0, 0.05) is 37.8 Å². The Balaban J connectivity index is 1.79. The summed E-state index contributed by atoms with van der Waals surface area (Å²) in [6, 6.07) is 19.1. The molecule has 4 heterocycles. The van der Waals surface area contributed by atoms with E-state index in [4.69, 9.17) is 9.97 Å². The number of para-hydroxylation sites is 3. The normalized spacial score (nSPS) is 16.0. The number of rotatable bonds is 1. The van der Waals surface area contributed by atoms with Crippen LogP contribution >= 0.6 is 0 Å². The monoisotopic (exact) mass is 367 g/mol. The second kappa shape index (κ2) is 5.91. The maximum absolute atomic E-state index is 5.05. The van der Waals surface area contributed by atoms with Gasteiger partial charge in [0.1, 0.15) is 11.5 Å². The van der Waals surface area contributed by atoms with E-state index in [1.54, 1.807) is 0 Å². The van der Waals surface area contributed by atoms with Crippen molar-refractivity contribution in [2.24, 2.45) is 0 Å². The van der Waals surface area contributed by atoms with Crippen molar-refractivity contribution in [3.05, 3.63) is 60.8 Å². The quantitative estimate of drug-likeness (QED) is 0.421. The van der Waals surface area contributed by atoms with E-state index >= 15 is 0 Å². The molecule has 0 spiro atoms. The number of aromatic nitrogens is 3. The maximum Gasteiger partial charge on any atom is 0.150 e. The SMILES string of the molecule is CN1CCN(c2nccc3c4ccccc4n4c5ccccc5nc4c23)CC1. The minimum absolute atomic E-state index is 0.988. The number of likely N-dealkylation sites (N-methyl/N-ethyl adjacent to an activating group) is 1. The summed E-state index contributed by atoms with van der Waals surface area (Å²) in [6.45, 7) is 4.08. The highest BCUT2D eigenvalue weighted by molar-refractivity contribution is 6.17. The van der Waals surface area contributed by atoms with Crippen LogP contribution in [0.3, 0.4) is 0 Å². The first-order valence-electron chi connectivity index (χ1n) is 9.81. The average Bonchev–Trinajstić information content (AvgIpc) is 3.14. The summed E-state index contributed by atoms with van der Waals surface area (Å²) < 4.78 is 2.30. The van der Waals surface area contributed by atoms with E-state index in [0.29, 0.717) is 0 Å². The van der Waals surface area contributed by atoms with Gasteiger partial charge in [0.25, 0.3) is 0 Å². The minimum atomic E-state index is 0.988. The first kappa shape index (κ1) is 15.8. The average molecular weight is 367 g/mol. The van der Waals surface area contributed by atoms with E-state index in [1.165, 1.54) is 16.3 Å². The number of piperazine rings is 1. The molecule has 1 fully saturated rings. The highest BCUT2D eigenvalue weighted by Crippen LogP contribution is 2.36. The molecule has 0 N–H and O–H groups in total. The Hall–Kier alpha value is -3.18. The number of nitrogens with zero attached hydrogens (tertiary/aromatic N) is 5. The summed E-state index contributed by atoms with van der Waals surface area (Å²) in [6.07, 6.45) is 1.95. The van der Waals surface area contributed by atoms with Gasteiger partial charge in [0.2, 0.25) is 0 Å². The number of benzene rings is 2. The van der Waals surface area contributed by atoms with E-state index < -0.39 is 0 Å². The van der Waals surface area contributed by atoms with Gasteiger partial charge in [-0.05, 0) is 36.7 Å². The zero-order valence-corrected chi connectivity index (χ0v) is 15.8. The summed E-state index contributed by atoms with van der Waals surface area (Å²) in [4.78, 5) is 14.7. The van der Waals surface area contributed by atoms with Crippen molar-refractivity contribution in [1.29, 1.82) is 0 Å². The Morgan fingerprint density at radius 1 is 0.786 bits per heavy atom. The Morgan fingerprint density at radius 2 is 1.54 bits per heavy atom. The molecule has 5 aromatic rings. The first-order chi connectivity index (χ1) is 13.8. The van der Waals surface area contributed by atoms with E-state index in [-0.39, 0.29) is 0 Å². The van der Waals surface area contributed by atoms with Crippen molar-refractivity contribution in [2.45, 2.75) is 0 Å². The standard InChI is InChI=1S/C23H21N5/c1-26-12-14-27(15-13-26)22-21-17(10-11-24-22)16-6-2-4-8-19(16)28-20-9-5-3-7-18(20)25-23(21)28/h2-11H,12-15H2,1H3. The Bertz CT molecular complexity index is 1350. The van der Waals surface area contributed by atoms with Crippen LogP contribution in [0.1, 0.15) is 0 Å². The van der Waals surface area contributed by atoms with Crippen molar-refractivity contribution < 1.29 is 0 Å². The molecular formula is C23H21N5. The van der Waals surface area contributed by atoms with Crippen LogP contribution in [0.25, 0.3) is 38.4 Å². The molecule has 1 aliphatic rings. The van der Waals surface area contributed by atoms with Crippen LogP contribution in [-0.4, -0.2) is 52.5 Å². The lowest BCUT2D eigenvalue weighted by atomic mass is 10.1. The molecule has 0 saturated carbocycles. The summed E-state index contributed by atoms with van der Waals surface area (Å²) in [5.41, 5.74) is 4.35. The van der Waals surface area contributed by atoms with Crippen molar-refractivity contribution in [2.75, 3.05) is 38.1 Å². The third-order valence-corrected chi connectivity index (χ3v) is 5.95. The van der Waals surface area contributed by atoms with Crippen LogP contribution < -0.4 is 4.90 Å². The van der Waals surface area contributed by atoms with Gasteiger partial charge in [-0.25, -0.2) is 9.97 Å². The summed E-state index contributed by atoms with van der Waals surface area (Å²) in [7, 11) is 2.18. The minimum Gasteiger partial charge on any atom is -0.353 e. The highest BCUT2D eigenvalue weighted by Gasteiger charge is 2.22. The molecule has 2 aromatic carbocycles. The predicted octanol–water partition coefficient (Wildman–Crippen LogP) is 3.94. The van der Waals surface area contributed by atoms with E-state index in [2.05, 4.69) is 75.8 Å². The number of pyridine rings is 2. The summed E-state index contributed by atoms with van der Waals surface area (Å²) in [5, 5.41) is 3.62. The van der Waals surface area contributed by atoms with E-state index in [1.807, 2.05) is 6.20 Å². The largest absolute Gasteiger partial charge is 0.353 e. The van der Waals surface area contributed by atoms with Crippen LogP contribution in [0.5, 0.6) is 0 Å². The Kier molecular flexibility index (Phi) is 3.34. The molecule has 0 unspecified atom stereocenters. The zero-order valence-electron chi connectivity index (χ0n) is 15.8. The van der Waals surface area contributed by atoms with E-state index in [0.717, 1.165) is 54.1 Å². The molecule has 5 nitrogen and oxygen atoms in total. The molecule has 0 bridgehead atoms. The number of hydrogen-bond acceptors (Lipinski definition) is 4. The number of hydrogen-bond donors (Lipinski definition) is 0. The smallest absolute Gasteiger partial charge is 0.150 e. The summed E-state index contributed by atoms with van der Waals surface area (Å²) in [5.74, 6) is 1.05. The fraction of sp³-hybridized carbons (Fsp3) is 0.217. The van der Waals surface area contributed by atoms with Crippen molar-refractivity contribution in [3.8, 4) is 0 Å².